The zero-order chi connectivity index (χ0) is 16.0. The summed E-state index contributed by atoms with van der Waals surface area (Å²) in [6, 6.07) is 8.78. The number of carboxylic acid groups (broad SMARTS) is 1. The highest BCUT2D eigenvalue weighted by Crippen LogP contribution is 2.34. The Morgan fingerprint density at radius 3 is 2.23 bits per heavy atom. The highest BCUT2D eigenvalue weighted by atomic mass is 16.4. The highest BCUT2D eigenvalue weighted by Gasteiger charge is 2.26. The molecule has 0 amide bonds. The number of unbranched alkanes of at least 4 members (excludes halogenated alkanes) is 1. The largest absolute Gasteiger partial charge is 0.481 e. The normalized spacial score (nSPS) is 15.0. The Balaban J connectivity index is 1.75. The van der Waals surface area contributed by atoms with Gasteiger partial charge in [-0.3, -0.25) is 4.79 Å². The summed E-state index contributed by atoms with van der Waals surface area (Å²) in [5.41, 5.74) is 2.37. The minimum atomic E-state index is -0.687. The molecule has 0 heterocycles. The van der Waals surface area contributed by atoms with E-state index in [4.69, 9.17) is 5.11 Å². The van der Waals surface area contributed by atoms with Gasteiger partial charge in [0, 0.05) is 0 Å². The molecule has 0 atom stereocenters. The van der Waals surface area contributed by atoms with Crippen LogP contribution in [0.3, 0.4) is 0 Å². The first-order valence-electron chi connectivity index (χ1n) is 8.79. The van der Waals surface area contributed by atoms with Gasteiger partial charge < -0.3 is 5.11 Å². The second-order valence-corrected chi connectivity index (χ2v) is 7.50. The minimum absolute atomic E-state index is 0.593. The number of carboxylic acids is 1. The number of hydrogen-bond donors (Lipinski definition) is 1. The number of aliphatic carboxylic acids is 1. The zero-order valence-corrected chi connectivity index (χ0v) is 14.1. The van der Waals surface area contributed by atoms with Crippen molar-refractivity contribution in [2.75, 3.05) is 0 Å². The molecule has 22 heavy (non-hydrogen) atoms. The molecule has 1 aliphatic carbocycles. The Morgan fingerprint density at radius 2 is 1.68 bits per heavy atom. The van der Waals surface area contributed by atoms with Gasteiger partial charge in [-0.2, -0.15) is 0 Å². The molecule has 0 saturated heterocycles. The first-order valence-corrected chi connectivity index (χ1v) is 8.79. The third-order valence-electron chi connectivity index (χ3n) is 4.95. The van der Waals surface area contributed by atoms with Crippen molar-refractivity contribution in [3.8, 4) is 0 Å². The van der Waals surface area contributed by atoms with Crippen LogP contribution in [0.4, 0.5) is 0 Å². The summed E-state index contributed by atoms with van der Waals surface area (Å²) in [5, 5.41) is 9.15. The van der Waals surface area contributed by atoms with Crippen molar-refractivity contribution in [2.24, 2.45) is 11.3 Å². The van der Waals surface area contributed by atoms with Gasteiger partial charge in [-0.05, 0) is 63.0 Å². The first kappa shape index (κ1) is 17.1. The van der Waals surface area contributed by atoms with Gasteiger partial charge in [0.25, 0.3) is 0 Å². The molecule has 0 radical (unpaired) electrons. The van der Waals surface area contributed by atoms with E-state index in [-0.39, 0.29) is 0 Å². The summed E-state index contributed by atoms with van der Waals surface area (Å²) in [5.74, 6) is 0.332. The third-order valence-corrected chi connectivity index (χ3v) is 4.95. The summed E-state index contributed by atoms with van der Waals surface area (Å²) < 4.78 is 0. The maximum absolute atomic E-state index is 11.1. The van der Waals surface area contributed by atoms with Gasteiger partial charge in [0.15, 0.2) is 0 Å². The van der Waals surface area contributed by atoms with Crippen LogP contribution in [0.1, 0.15) is 69.9 Å². The van der Waals surface area contributed by atoms with Crippen LogP contribution in [0.5, 0.6) is 0 Å². The molecule has 0 aromatic heterocycles. The van der Waals surface area contributed by atoms with E-state index in [0.29, 0.717) is 0 Å². The monoisotopic (exact) mass is 302 g/mol. The van der Waals surface area contributed by atoms with Gasteiger partial charge in [0.2, 0.25) is 0 Å². The second-order valence-electron chi connectivity index (χ2n) is 7.50. The summed E-state index contributed by atoms with van der Waals surface area (Å²) in [6.45, 7) is 3.64. The summed E-state index contributed by atoms with van der Waals surface area (Å²) >= 11 is 0. The van der Waals surface area contributed by atoms with Crippen molar-refractivity contribution in [1.29, 1.82) is 0 Å². The van der Waals surface area contributed by atoms with Crippen molar-refractivity contribution in [1.82, 2.24) is 0 Å². The zero-order valence-electron chi connectivity index (χ0n) is 14.1. The fourth-order valence-corrected chi connectivity index (χ4v) is 3.02. The lowest BCUT2D eigenvalue weighted by Gasteiger charge is -2.18. The lowest BCUT2D eigenvalue weighted by Crippen LogP contribution is -2.23. The maximum Gasteiger partial charge on any atom is 0.309 e. The van der Waals surface area contributed by atoms with Gasteiger partial charge in [0.05, 0.1) is 5.41 Å². The minimum Gasteiger partial charge on any atom is -0.481 e. The summed E-state index contributed by atoms with van der Waals surface area (Å²) in [4.78, 5) is 11.1. The molecule has 1 N–H and O–H groups in total. The van der Waals surface area contributed by atoms with E-state index in [0.717, 1.165) is 31.6 Å². The Kier molecular flexibility index (Phi) is 6.05. The fraction of sp³-hybridized carbons (Fsp3) is 0.650. The molecule has 2 heteroatoms. The van der Waals surface area contributed by atoms with Gasteiger partial charge in [-0.25, -0.2) is 0 Å². The molecule has 0 spiro atoms. The number of hydrogen-bond acceptors (Lipinski definition) is 1. The van der Waals surface area contributed by atoms with E-state index < -0.39 is 11.4 Å². The van der Waals surface area contributed by atoms with Crippen LogP contribution < -0.4 is 0 Å². The van der Waals surface area contributed by atoms with E-state index in [2.05, 4.69) is 24.3 Å². The number of carbonyl (C=O) groups is 1. The van der Waals surface area contributed by atoms with Gasteiger partial charge in [0.1, 0.15) is 0 Å². The summed E-state index contributed by atoms with van der Waals surface area (Å²) in [7, 11) is 0. The predicted octanol–water partition coefficient (Wildman–Crippen LogP) is 5.24. The molecule has 1 aliphatic rings. The van der Waals surface area contributed by atoms with Crippen LogP contribution in [-0.4, -0.2) is 11.1 Å². The smallest absolute Gasteiger partial charge is 0.309 e. The molecule has 2 rings (SSSR count). The molecule has 1 aromatic rings. The number of rotatable bonds is 10. The van der Waals surface area contributed by atoms with Crippen LogP contribution in [0.2, 0.25) is 0 Å². The van der Waals surface area contributed by atoms with E-state index in [9.17, 15) is 4.79 Å². The van der Waals surface area contributed by atoms with Crippen molar-refractivity contribution >= 4 is 5.97 Å². The van der Waals surface area contributed by atoms with Crippen molar-refractivity contribution in [2.45, 2.75) is 71.6 Å². The van der Waals surface area contributed by atoms with E-state index in [1.807, 2.05) is 13.8 Å². The average Bonchev–Trinajstić information content (AvgIpc) is 3.29. The maximum atomic E-state index is 11.1. The molecule has 1 saturated carbocycles. The first-order chi connectivity index (χ1) is 10.5. The Labute approximate surface area is 134 Å². The molecular formula is C20H30O2. The summed E-state index contributed by atoms with van der Waals surface area (Å²) in [6.07, 6.45) is 10.7. The lowest BCUT2D eigenvalue weighted by molar-refractivity contribution is -0.147. The van der Waals surface area contributed by atoms with E-state index in [1.54, 1.807) is 0 Å². The molecule has 0 bridgehead atoms. The van der Waals surface area contributed by atoms with Crippen molar-refractivity contribution in [3.63, 3.8) is 0 Å². The Bertz CT molecular complexity index is 486. The molecule has 0 aliphatic heterocycles. The Hall–Kier alpha value is -1.31. The van der Waals surface area contributed by atoms with E-state index >= 15 is 0 Å². The molecular weight excluding hydrogens is 272 g/mol. The Morgan fingerprint density at radius 1 is 1.09 bits per heavy atom. The standard InChI is InChI=1S/C20H30O2/c1-20(2,19(21)22)15-6-5-11-17-9-3-4-10-18(17)12-7-8-16-13-14-16/h3-4,9-10,16H,5-8,11-15H2,1-2H3,(H,21,22). The quantitative estimate of drug-likeness (QED) is 0.600. The molecule has 0 unspecified atom stereocenters. The van der Waals surface area contributed by atoms with Crippen LogP contribution in [0.15, 0.2) is 24.3 Å². The van der Waals surface area contributed by atoms with Crippen molar-refractivity contribution < 1.29 is 9.90 Å². The predicted molar refractivity (Wildman–Crippen MR) is 91.1 cm³/mol. The number of benzene rings is 1. The van der Waals surface area contributed by atoms with Gasteiger partial charge in [-0.1, -0.05) is 49.9 Å². The SMILES string of the molecule is CC(C)(CCCCc1ccccc1CCCC1CC1)C(=O)O. The van der Waals surface area contributed by atoms with Crippen LogP contribution in [0, 0.1) is 11.3 Å². The molecule has 2 nitrogen and oxygen atoms in total. The molecule has 1 aromatic carbocycles. The second kappa shape index (κ2) is 7.80. The number of aryl methyl sites for hydroxylation is 2. The third kappa shape index (κ3) is 5.47. The van der Waals surface area contributed by atoms with Crippen molar-refractivity contribution in [3.05, 3.63) is 35.4 Å². The van der Waals surface area contributed by atoms with Crippen LogP contribution in [0.25, 0.3) is 0 Å². The van der Waals surface area contributed by atoms with Gasteiger partial charge in [-0.15, -0.1) is 0 Å². The average molecular weight is 302 g/mol. The fourth-order valence-electron chi connectivity index (χ4n) is 3.02. The lowest BCUT2D eigenvalue weighted by atomic mass is 9.86. The van der Waals surface area contributed by atoms with Crippen LogP contribution in [-0.2, 0) is 17.6 Å². The molecule has 1 fully saturated rings. The highest BCUT2D eigenvalue weighted by molar-refractivity contribution is 5.73. The van der Waals surface area contributed by atoms with E-state index in [1.165, 1.54) is 43.2 Å². The molecule has 122 valence electrons. The topological polar surface area (TPSA) is 37.3 Å². The van der Waals surface area contributed by atoms with Gasteiger partial charge >= 0.3 is 5.97 Å². The van der Waals surface area contributed by atoms with Crippen LogP contribution >= 0.6 is 0 Å².